The van der Waals surface area contributed by atoms with Gasteiger partial charge in [-0.25, -0.2) is 0 Å². The first-order valence-corrected chi connectivity index (χ1v) is 8.88. The molecule has 3 heteroatoms. The summed E-state index contributed by atoms with van der Waals surface area (Å²) in [5.74, 6) is 0.882. The standard InChI is InChI=1S/C18H26N2S/c1-13-8-9-20(14(2)10-13)12-16-15-6-4-5-7-17(15)21-18(16)11-19-3/h4-7,13-14,19H,8-12H2,1-3H3. The highest BCUT2D eigenvalue weighted by molar-refractivity contribution is 7.19. The molecule has 1 aromatic heterocycles. The van der Waals surface area contributed by atoms with Crippen LogP contribution in [0, 0.1) is 5.92 Å². The van der Waals surface area contributed by atoms with Crippen molar-refractivity contribution in [3.63, 3.8) is 0 Å². The Hall–Kier alpha value is -0.900. The van der Waals surface area contributed by atoms with Crippen LogP contribution in [-0.4, -0.2) is 24.5 Å². The zero-order valence-corrected chi connectivity index (χ0v) is 14.2. The quantitative estimate of drug-likeness (QED) is 0.908. The third kappa shape index (κ3) is 3.15. The number of nitrogens with one attached hydrogen (secondary N) is 1. The van der Waals surface area contributed by atoms with Crippen LogP contribution in [0.25, 0.3) is 10.1 Å². The van der Waals surface area contributed by atoms with Crippen molar-refractivity contribution in [3.8, 4) is 0 Å². The summed E-state index contributed by atoms with van der Waals surface area (Å²) >= 11 is 1.95. The molecule has 2 atom stereocenters. The number of thiophene rings is 1. The molecule has 1 aliphatic heterocycles. The van der Waals surface area contributed by atoms with Gasteiger partial charge in [-0.3, -0.25) is 4.90 Å². The van der Waals surface area contributed by atoms with Crippen molar-refractivity contribution in [2.45, 2.75) is 45.8 Å². The number of hydrogen-bond donors (Lipinski definition) is 1. The molecule has 1 fully saturated rings. The monoisotopic (exact) mass is 302 g/mol. The van der Waals surface area contributed by atoms with Crippen LogP contribution in [0.4, 0.5) is 0 Å². The van der Waals surface area contributed by atoms with Crippen molar-refractivity contribution in [1.29, 1.82) is 0 Å². The molecular weight excluding hydrogens is 276 g/mol. The van der Waals surface area contributed by atoms with Gasteiger partial charge in [0.15, 0.2) is 0 Å². The van der Waals surface area contributed by atoms with E-state index in [4.69, 9.17) is 0 Å². The molecule has 21 heavy (non-hydrogen) atoms. The van der Waals surface area contributed by atoms with Crippen LogP contribution < -0.4 is 5.32 Å². The second-order valence-electron chi connectivity index (χ2n) is 6.48. The van der Waals surface area contributed by atoms with Gasteiger partial charge in [0.2, 0.25) is 0 Å². The van der Waals surface area contributed by atoms with Crippen LogP contribution in [0.1, 0.15) is 37.1 Å². The summed E-state index contributed by atoms with van der Waals surface area (Å²) in [4.78, 5) is 4.18. The summed E-state index contributed by atoms with van der Waals surface area (Å²) in [7, 11) is 2.04. The molecule has 0 radical (unpaired) electrons. The first-order valence-electron chi connectivity index (χ1n) is 8.07. The van der Waals surface area contributed by atoms with Gasteiger partial charge in [0.05, 0.1) is 0 Å². The largest absolute Gasteiger partial charge is 0.315 e. The Morgan fingerprint density at radius 1 is 1.29 bits per heavy atom. The Kier molecular flexibility index (Phi) is 4.63. The van der Waals surface area contributed by atoms with E-state index in [1.165, 1.54) is 34.3 Å². The second-order valence-corrected chi connectivity index (χ2v) is 7.62. The first-order chi connectivity index (χ1) is 10.2. The maximum absolute atomic E-state index is 3.33. The minimum atomic E-state index is 0.704. The molecule has 0 saturated carbocycles. The Morgan fingerprint density at radius 3 is 2.86 bits per heavy atom. The van der Waals surface area contributed by atoms with Gasteiger partial charge in [-0.05, 0) is 56.3 Å². The SMILES string of the molecule is CNCc1sc2ccccc2c1CN1CCC(C)CC1C. The number of rotatable bonds is 4. The van der Waals surface area contributed by atoms with Gasteiger partial charge >= 0.3 is 0 Å². The predicted molar refractivity (Wildman–Crippen MR) is 92.9 cm³/mol. The number of nitrogens with zero attached hydrogens (tertiary/aromatic N) is 1. The average molecular weight is 302 g/mol. The molecule has 0 amide bonds. The molecule has 0 bridgehead atoms. The van der Waals surface area contributed by atoms with Crippen molar-refractivity contribution < 1.29 is 0 Å². The normalized spacial score (nSPS) is 23.8. The molecule has 2 unspecified atom stereocenters. The van der Waals surface area contributed by atoms with Gasteiger partial charge < -0.3 is 5.32 Å². The summed E-state index contributed by atoms with van der Waals surface area (Å²) in [6.45, 7) is 8.11. The fourth-order valence-corrected chi connectivity index (χ4v) is 4.75. The van der Waals surface area contributed by atoms with E-state index in [1.807, 2.05) is 18.4 Å². The fraction of sp³-hybridized carbons (Fsp3) is 0.556. The van der Waals surface area contributed by atoms with Crippen LogP contribution in [0.2, 0.25) is 0 Å². The summed E-state index contributed by atoms with van der Waals surface area (Å²) in [6.07, 6.45) is 2.68. The summed E-state index contributed by atoms with van der Waals surface area (Å²) < 4.78 is 1.43. The minimum Gasteiger partial charge on any atom is -0.315 e. The molecule has 3 rings (SSSR count). The van der Waals surface area contributed by atoms with E-state index in [0.29, 0.717) is 6.04 Å². The maximum atomic E-state index is 3.33. The molecule has 2 aromatic rings. The van der Waals surface area contributed by atoms with Gasteiger partial charge in [-0.2, -0.15) is 0 Å². The zero-order chi connectivity index (χ0) is 14.8. The third-order valence-electron chi connectivity index (χ3n) is 4.76. The lowest BCUT2D eigenvalue weighted by molar-refractivity contribution is 0.122. The molecule has 1 aliphatic rings. The number of piperidine rings is 1. The van der Waals surface area contributed by atoms with E-state index in [9.17, 15) is 0 Å². The van der Waals surface area contributed by atoms with Crippen molar-refractivity contribution in [1.82, 2.24) is 10.2 Å². The average Bonchev–Trinajstić information content (AvgIpc) is 2.80. The Morgan fingerprint density at radius 2 is 2.10 bits per heavy atom. The molecular formula is C18H26N2S. The highest BCUT2D eigenvalue weighted by Crippen LogP contribution is 2.34. The van der Waals surface area contributed by atoms with E-state index in [2.05, 4.69) is 48.3 Å². The summed E-state index contributed by atoms with van der Waals surface area (Å²) in [5, 5.41) is 4.79. The first kappa shape index (κ1) is 15.0. The van der Waals surface area contributed by atoms with Gasteiger partial charge in [0.25, 0.3) is 0 Å². The molecule has 2 nitrogen and oxygen atoms in total. The molecule has 1 aromatic carbocycles. The highest BCUT2D eigenvalue weighted by atomic mass is 32.1. The number of likely N-dealkylation sites (tertiary alicyclic amines) is 1. The van der Waals surface area contributed by atoms with Crippen molar-refractivity contribution in [3.05, 3.63) is 34.7 Å². The second kappa shape index (κ2) is 6.47. The molecule has 0 aliphatic carbocycles. The molecule has 114 valence electrons. The molecule has 1 N–H and O–H groups in total. The van der Waals surface area contributed by atoms with E-state index >= 15 is 0 Å². The van der Waals surface area contributed by atoms with Gasteiger partial charge in [0, 0.05) is 28.7 Å². The Balaban J connectivity index is 1.89. The smallest absolute Gasteiger partial charge is 0.0349 e. The summed E-state index contributed by atoms with van der Waals surface area (Å²) in [5.41, 5.74) is 1.55. The number of fused-ring (bicyclic) bond motifs is 1. The topological polar surface area (TPSA) is 15.3 Å². The van der Waals surface area contributed by atoms with Gasteiger partial charge in [-0.1, -0.05) is 25.1 Å². The fourth-order valence-electron chi connectivity index (χ4n) is 3.52. The lowest BCUT2D eigenvalue weighted by atomic mass is 9.93. The van der Waals surface area contributed by atoms with Crippen LogP contribution in [0.3, 0.4) is 0 Å². The van der Waals surface area contributed by atoms with Crippen LogP contribution in [0.5, 0.6) is 0 Å². The van der Waals surface area contributed by atoms with E-state index in [-0.39, 0.29) is 0 Å². The Labute approximate surface area is 132 Å². The van der Waals surface area contributed by atoms with Crippen LogP contribution in [0.15, 0.2) is 24.3 Å². The van der Waals surface area contributed by atoms with Crippen molar-refractivity contribution >= 4 is 21.4 Å². The lowest BCUT2D eigenvalue weighted by Crippen LogP contribution is -2.39. The lowest BCUT2D eigenvalue weighted by Gasteiger charge is -2.36. The Bertz CT molecular complexity index is 604. The zero-order valence-electron chi connectivity index (χ0n) is 13.4. The van der Waals surface area contributed by atoms with Crippen molar-refractivity contribution in [2.24, 2.45) is 5.92 Å². The summed E-state index contributed by atoms with van der Waals surface area (Å²) in [6, 6.07) is 9.57. The van der Waals surface area contributed by atoms with E-state index in [1.54, 1.807) is 5.56 Å². The number of benzene rings is 1. The van der Waals surface area contributed by atoms with Gasteiger partial charge in [-0.15, -0.1) is 11.3 Å². The molecule has 1 saturated heterocycles. The van der Waals surface area contributed by atoms with E-state index < -0.39 is 0 Å². The van der Waals surface area contributed by atoms with Crippen molar-refractivity contribution in [2.75, 3.05) is 13.6 Å². The minimum absolute atomic E-state index is 0.704. The predicted octanol–water partition coefficient (Wildman–Crippen LogP) is 4.24. The van der Waals surface area contributed by atoms with Crippen LogP contribution >= 0.6 is 11.3 Å². The van der Waals surface area contributed by atoms with Crippen LogP contribution in [-0.2, 0) is 13.1 Å². The highest BCUT2D eigenvalue weighted by Gasteiger charge is 2.24. The third-order valence-corrected chi connectivity index (χ3v) is 5.97. The maximum Gasteiger partial charge on any atom is 0.0349 e. The van der Waals surface area contributed by atoms with E-state index in [0.717, 1.165) is 19.0 Å². The number of hydrogen-bond acceptors (Lipinski definition) is 3. The molecule has 0 spiro atoms. The van der Waals surface area contributed by atoms with Gasteiger partial charge in [0.1, 0.15) is 0 Å². The molecule has 2 heterocycles.